The molecule has 1 aromatic carbocycles. The van der Waals surface area contributed by atoms with Crippen molar-refractivity contribution in [2.45, 2.75) is 11.8 Å². The molecule has 0 aliphatic carbocycles. The van der Waals surface area contributed by atoms with Crippen LogP contribution in [-0.4, -0.2) is 5.91 Å². The first-order valence-electron chi connectivity index (χ1n) is 3.64. The molecule has 0 spiro atoms. The first-order chi connectivity index (χ1) is 5.72. The summed E-state index contributed by atoms with van der Waals surface area (Å²) < 4.78 is 0. The van der Waals surface area contributed by atoms with Crippen molar-refractivity contribution in [1.82, 2.24) is 0 Å². The number of carbonyl (C=O) groups is 1. The van der Waals surface area contributed by atoms with E-state index in [0.717, 1.165) is 10.9 Å². The van der Waals surface area contributed by atoms with Gasteiger partial charge >= 0.3 is 0 Å². The SMILES string of the molecule is NC(=O)Cc1ccc(CBr)cc1. The lowest BCUT2D eigenvalue weighted by atomic mass is 10.1. The van der Waals surface area contributed by atoms with Gasteiger partial charge in [0.25, 0.3) is 0 Å². The summed E-state index contributed by atoms with van der Waals surface area (Å²) in [6.07, 6.45) is 0.322. The number of carbonyl (C=O) groups excluding carboxylic acids is 1. The molecule has 0 aliphatic rings. The van der Waals surface area contributed by atoms with Crippen molar-refractivity contribution >= 4 is 21.8 Å². The second-order valence-corrected chi connectivity index (χ2v) is 3.15. The molecule has 64 valence electrons. The van der Waals surface area contributed by atoms with E-state index in [1.165, 1.54) is 5.56 Å². The van der Waals surface area contributed by atoms with Crippen molar-refractivity contribution < 1.29 is 4.79 Å². The smallest absolute Gasteiger partial charge is 0.221 e. The van der Waals surface area contributed by atoms with Crippen molar-refractivity contribution in [1.29, 1.82) is 0 Å². The third-order valence-corrected chi connectivity index (χ3v) is 2.20. The largest absolute Gasteiger partial charge is 0.369 e. The van der Waals surface area contributed by atoms with E-state index < -0.39 is 0 Å². The van der Waals surface area contributed by atoms with Gasteiger partial charge in [-0.25, -0.2) is 0 Å². The van der Waals surface area contributed by atoms with E-state index in [1.54, 1.807) is 0 Å². The van der Waals surface area contributed by atoms with Gasteiger partial charge in [0.05, 0.1) is 6.42 Å². The highest BCUT2D eigenvalue weighted by Gasteiger charge is 1.97. The molecule has 0 atom stereocenters. The molecule has 0 fully saturated rings. The average molecular weight is 228 g/mol. The number of rotatable bonds is 3. The fourth-order valence-corrected chi connectivity index (χ4v) is 1.32. The Bertz CT molecular complexity index is 268. The topological polar surface area (TPSA) is 43.1 Å². The van der Waals surface area contributed by atoms with Crippen LogP contribution in [-0.2, 0) is 16.5 Å². The van der Waals surface area contributed by atoms with Crippen molar-refractivity contribution in [3.05, 3.63) is 35.4 Å². The van der Waals surface area contributed by atoms with Crippen molar-refractivity contribution in [2.24, 2.45) is 5.73 Å². The number of alkyl halides is 1. The molecule has 12 heavy (non-hydrogen) atoms. The van der Waals surface area contributed by atoms with Crippen molar-refractivity contribution in [3.8, 4) is 0 Å². The number of amides is 1. The molecule has 3 heteroatoms. The maximum absolute atomic E-state index is 10.5. The molecule has 0 bridgehead atoms. The van der Waals surface area contributed by atoms with E-state index >= 15 is 0 Å². The Kier molecular flexibility index (Phi) is 3.29. The van der Waals surface area contributed by atoms with Crippen LogP contribution in [0.15, 0.2) is 24.3 Å². The van der Waals surface area contributed by atoms with E-state index in [2.05, 4.69) is 15.9 Å². The molecule has 2 nitrogen and oxygen atoms in total. The molecule has 0 aliphatic heterocycles. The quantitative estimate of drug-likeness (QED) is 0.784. The van der Waals surface area contributed by atoms with E-state index in [1.807, 2.05) is 24.3 Å². The van der Waals surface area contributed by atoms with Gasteiger partial charge in [-0.3, -0.25) is 4.79 Å². The summed E-state index contributed by atoms with van der Waals surface area (Å²) in [6, 6.07) is 7.79. The molecule has 0 heterocycles. The average Bonchev–Trinajstić information content (AvgIpc) is 2.05. The molecule has 1 rings (SSSR count). The second kappa shape index (κ2) is 4.26. The molecule has 0 unspecified atom stereocenters. The number of halogens is 1. The van der Waals surface area contributed by atoms with E-state index in [9.17, 15) is 4.79 Å². The lowest BCUT2D eigenvalue weighted by Gasteiger charge is -1.98. The van der Waals surface area contributed by atoms with Crippen LogP contribution < -0.4 is 5.73 Å². The van der Waals surface area contributed by atoms with Crippen molar-refractivity contribution in [3.63, 3.8) is 0 Å². The Morgan fingerprint density at radius 1 is 1.25 bits per heavy atom. The van der Waals surface area contributed by atoms with Crippen LogP contribution in [0.1, 0.15) is 11.1 Å². The monoisotopic (exact) mass is 227 g/mol. The van der Waals surface area contributed by atoms with Gasteiger partial charge in [0.2, 0.25) is 5.91 Å². The van der Waals surface area contributed by atoms with Crippen LogP contribution in [0.4, 0.5) is 0 Å². The Morgan fingerprint density at radius 2 is 1.75 bits per heavy atom. The standard InChI is InChI=1S/C9H10BrNO/c10-6-8-3-1-7(2-4-8)5-9(11)12/h1-4H,5-6H2,(H2,11,12). The molecule has 0 aromatic heterocycles. The molecular weight excluding hydrogens is 218 g/mol. The number of nitrogens with two attached hydrogens (primary N) is 1. The number of hydrogen-bond acceptors (Lipinski definition) is 1. The minimum absolute atomic E-state index is 0.290. The minimum atomic E-state index is -0.290. The first kappa shape index (κ1) is 9.26. The molecule has 1 aromatic rings. The van der Waals surface area contributed by atoms with Crippen LogP contribution in [0, 0.1) is 0 Å². The highest BCUT2D eigenvalue weighted by atomic mass is 79.9. The predicted octanol–water partition coefficient (Wildman–Crippen LogP) is 1.61. The predicted molar refractivity (Wildman–Crippen MR) is 52.0 cm³/mol. The van der Waals surface area contributed by atoms with Gasteiger partial charge in [-0.15, -0.1) is 0 Å². The summed E-state index contributed by atoms with van der Waals surface area (Å²) in [5.74, 6) is -0.290. The summed E-state index contributed by atoms with van der Waals surface area (Å²) in [4.78, 5) is 10.5. The summed E-state index contributed by atoms with van der Waals surface area (Å²) in [7, 11) is 0. The van der Waals surface area contributed by atoms with E-state index in [4.69, 9.17) is 5.73 Å². The highest BCUT2D eigenvalue weighted by Crippen LogP contribution is 2.07. The van der Waals surface area contributed by atoms with Gasteiger partial charge in [-0.05, 0) is 11.1 Å². The normalized spacial score (nSPS) is 9.75. The number of benzene rings is 1. The second-order valence-electron chi connectivity index (χ2n) is 2.59. The highest BCUT2D eigenvalue weighted by molar-refractivity contribution is 9.08. The maximum Gasteiger partial charge on any atom is 0.221 e. The minimum Gasteiger partial charge on any atom is -0.369 e. The summed E-state index contributed by atoms with van der Waals surface area (Å²) in [6.45, 7) is 0. The molecule has 0 radical (unpaired) electrons. The van der Waals surface area contributed by atoms with Gasteiger partial charge in [0.1, 0.15) is 0 Å². The third kappa shape index (κ3) is 2.66. The third-order valence-electron chi connectivity index (χ3n) is 1.56. The van der Waals surface area contributed by atoms with Crippen LogP contribution >= 0.6 is 15.9 Å². The van der Waals surface area contributed by atoms with Crippen LogP contribution in [0.2, 0.25) is 0 Å². The summed E-state index contributed by atoms with van der Waals surface area (Å²) >= 11 is 3.34. The van der Waals surface area contributed by atoms with Crippen LogP contribution in [0.3, 0.4) is 0 Å². The lowest BCUT2D eigenvalue weighted by molar-refractivity contribution is -0.117. The zero-order chi connectivity index (χ0) is 8.97. The Labute approximate surface area is 79.9 Å². The summed E-state index contributed by atoms with van der Waals surface area (Å²) in [5.41, 5.74) is 7.21. The van der Waals surface area contributed by atoms with Gasteiger partial charge < -0.3 is 5.73 Å². The molecule has 0 saturated heterocycles. The fraction of sp³-hybridized carbons (Fsp3) is 0.222. The fourth-order valence-electron chi connectivity index (χ4n) is 0.947. The van der Waals surface area contributed by atoms with Crippen molar-refractivity contribution in [2.75, 3.05) is 0 Å². The zero-order valence-corrected chi connectivity index (χ0v) is 8.17. The van der Waals surface area contributed by atoms with Gasteiger partial charge in [-0.1, -0.05) is 40.2 Å². The molecule has 2 N–H and O–H groups in total. The number of primary amides is 1. The zero-order valence-electron chi connectivity index (χ0n) is 6.59. The van der Waals surface area contributed by atoms with Gasteiger partial charge in [-0.2, -0.15) is 0 Å². The van der Waals surface area contributed by atoms with Gasteiger partial charge in [0.15, 0.2) is 0 Å². The van der Waals surface area contributed by atoms with Gasteiger partial charge in [0, 0.05) is 5.33 Å². The molecule has 1 amide bonds. The molecule has 0 saturated carbocycles. The van der Waals surface area contributed by atoms with E-state index in [-0.39, 0.29) is 5.91 Å². The summed E-state index contributed by atoms with van der Waals surface area (Å²) in [5, 5.41) is 0.837. The maximum atomic E-state index is 10.5. The first-order valence-corrected chi connectivity index (χ1v) is 4.76. The van der Waals surface area contributed by atoms with Crippen LogP contribution in [0.25, 0.3) is 0 Å². The van der Waals surface area contributed by atoms with E-state index in [0.29, 0.717) is 6.42 Å². The Balaban J connectivity index is 2.71. The van der Waals surface area contributed by atoms with Crippen LogP contribution in [0.5, 0.6) is 0 Å². The lowest BCUT2D eigenvalue weighted by Crippen LogP contribution is -2.13. The Morgan fingerprint density at radius 3 is 2.17 bits per heavy atom. The number of hydrogen-bond donors (Lipinski definition) is 1. The Hall–Kier alpha value is -0.830. The molecular formula is C9H10BrNO.